The fraction of sp³-hybridized carbons (Fsp3) is 0.333. The van der Waals surface area contributed by atoms with Crippen molar-refractivity contribution in [3.8, 4) is 5.75 Å². The van der Waals surface area contributed by atoms with Crippen molar-refractivity contribution in [2.75, 3.05) is 10.6 Å². The van der Waals surface area contributed by atoms with Gasteiger partial charge in [-0.15, -0.1) is 0 Å². The minimum Gasteiger partial charge on any atom is -0.491 e. The first-order valence-electron chi connectivity index (χ1n) is 10.3. The summed E-state index contributed by atoms with van der Waals surface area (Å²) in [6.45, 7) is 10.1. The molecule has 3 rings (SSSR count). The number of ether oxygens (including phenoxy) is 1. The zero-order valence-electron chi connectivity index (χ0n) is 18.7. The number of alkyl halides is 3. The van der Waals surface area contributed by atoms with E-state index in [2.05, 4.69) is 41.4 Å². The molecule has 0 unspecified atom stereocenters. The Bertz CT molecular complexity index is 1060. The molecular weight excluding hydrogens is 417 g/mol. The van der Waals surface area contributed by atoms with E-state index in [4.69, 9.17) is 4.74 Å². The molecule has 2 N–H and O–H groups in total. The zero-order chi connectivity index (χ0) is 23.5. The van der Waals surface area contributed by atoms with E-state index < -0.39 is 11.7 Å². The topological polar surface area (TPSA) is 59.1 Å². The molecule has 0 amide bonds. The zero-order valence-corrected chi connectivity index (χ0v) is 18.7. The van der Waals surface area contributed by atoms with Crippen molar-refractivity contribution in [1.82, 2.24) is 9.97 Å². The smallest absolute Gasteiger partial charge is 0.421 e. The van der Waals surface area contributed by atoms with Gasteiger partial charge in [0.25, 0.3) is 0 Å². The quantitative estimate of drug-likeness (QED) is 0.426. The van der Waals surface area contributed by atoms with Gasteiger partial charge in [0.15, 0.2) is 0 Å². The number of hydrogen-bond donors (Lipinski definition) is 2. The predicted octanol–water partition coefficient (Wildman–Crippen LogP) is 7.07. The Kier molecular flexibility index (Phi) is 6.62. The third-order valence-electron chi connectivity index (χ3n) is 4.57. The molecule has 2 aromatic carbocycles. The molecule has 0 bridgehead atoms. The lowest BCUT2D eigenvalue weighted by atomic mass is 9.87. The van der Waals surface area contributed by atoms with E-state index in [0.29, 0.717) is 17.1 Å². The second-order valence-corrected chi connectivity index (χ2v) is 8.73. The van der Waals surface area contributed by atoms with E-state index in [1.165, 1.54) is 0 Å². The third-order valence-corrected chi connectivity index (χ3v) is 4.57. The van der Waals surface area contributed by atoms with Crippen molar-refractivity contribution < 1.29 is 17.9 Å². The van der Waals surface area contributed by atoms with Gasteiger partial charge in [-0.2, -0.15) is 18.2 Å². The van der Waals surface area contributed by atoms with E-state index in [-0.39, 0.29) is 23.3 Å². The van der Waals surface area contributed by atoms with Gasteiger partial charge in [0, 0.05) is 23.6 Å². The molecule has 32 heavy (non-hydrogen) atoms. The molecule has 0 aliphatic carbocycles. The normalized spacial score (nSPS) is 12.0. The van der Waals surface area contributed by atoms with Crippen LogP contribution in [0.4, 0.5) is 36.3 Å². The SMILES string of the molecule is CC(C)Oc1cccc(Nc2nc(Nc3ccc(C(C)(C)C)cc3)ncc2C(F)(F)F)c1. The van der Waals surface area contributed by atoms with Gasteiger partial charge in [0.1, 0.15) is 17.1 Å². The van der Waals surface area contributed by atoms with Crippen molar-refractivity contribution in [1.29, 1.82) is 0 Å². The Morgan fingerprint density at radius 2 is 1.59 bits per heavy atom. The average Bonchev–Trinajstić information content (AvgIpc) is 2.67. The molecule has 0 saturated heterocycles. The lowest BCUT2D eigenvalue weighted by molar-refractivity contribution is -0.137. The van der Waals surface area contributed by atoms with Crippen LogP contribution in [0.3, 0.4) is 0 Å². The van der Waals surface area contributed by atoms with Gasteiger partial charge >= 0.3 is 6.18 Å². The Hall–Kier alpha value is -3.29. The van der Waals surface area contributed by atoms with Crippen LogP contribution in [0.15, 0.2) is 54.7 Å². The molecule has 1 aromatic heterocycles. The van der Waals surface area contributed by atoms with Crippen molar-refractivity contribution in [3.63, 3.8) is 0 Å². The summed E-state index contributed by atoms with van der Waals surface area (Å²) in [7, 11) is 0. The number of nitrogens with zero attached hydrogens (tertiary/aromatic N) is 2. The lowest BCUT2D eigenvalue weighted by Crippen LogP contribution is -2.13. The maximum absolute atomic E-state index is 13.6. The van der Waals surface area contributed by atoms with Gasteiger partial charge in [0.2, 0.25) is 5.95 Å². The average molecular weight is 445 g/mol. The maximum Gasteiger partial charge on any atom is 0.421 e. The van der Waals surface area contributed by atoms with Crippen LogP contribution in [0.1, 0.15) is 45.7 Å². The second kappa shape index (κ2) is 9.06. The highest BCUT2D eigenvalue weighted by molar-refractivity contribution is 5.64. The summed E-state index contributed by atoms with van der Waals surface area (Å²) in [5.74, 6) is 0.256. The molecule has 8 heteroatoms. The van der Waals surface area contributed by atoms with Crippen LogP contribution < -0.4 is 15.4 Å². The highest BCUT2D eigenvalue weighted by Crippen LogP contribution is 2.36. The molecule has 0 aliphatic heterocycles. The van der Waals surface area contributed by atoms with Crippen LogP contribution >= 0.6 is 0 Å². The van der Waals surface area contributed by atoms with Gasteiger partial charge in [-0.05, 0) is 49.1 Å². The van der Waals surface area contributed by atoms with Crippen LogP contribution in [0, 0.1) is 0 Å². The molecule has 0 fully saturated rings. The maximum atomic E-state index is 13.6. The number of rotatable bonds is 6. The molecule has 5 nitrogen and oxygen atoms in total. The minimum absolute atomic E-state index is 0.00566. The van der Waals surface area contributed by atoms with Gasteiger partial charge in [-0.25, -0.2) is 4.98 Å². The van der Waals surface area contributed by atoms with Gasteiger partial charge in [-0.1, -0.05) is 39.0 Å². The van der Waals surface area contributed by atoms with Crippen LogP contribution in [0.25, 0.3) is 0 Å². The monoisotopic (exact) mass is 444 g/mol. The molecule has 170 valence electrons. The van der Waals surface area contributed by atoms with Crippen molar-refractivity contribution >= 4 is 23.1 Å². The Labute approximate surface area is 186 Å². The second-order valence-electron chi connectivity index (χ2n) is 8.73. The van der Waals surface area contributed by atoms with E-state index in [1.807, 2.05) is 38.1 Å². The number of nitrogens with one attached hydrogen (secondary N) is 2. The summed E-state index contributed by atoms with van der Waals surface area (Å²) < 4.78 is 46.3. The van der Waals surface area contributed by atoms with E-state index in [0.717, 1.165) is 11.8 Å². The number of aromatic nitrogens is 2. The molecular formula is C24H27F3N4O. The van der Waals surface area contributed by atoms with E-state index in [1.54, 1.807) is 24.3 Å². The molecule has 3 aromatic rings. The Balaban J connectivity index is 1.89. The molecule has 0 saturated carbocycles. The summed E-state index contributed by atoms with van der Waals surface area (Å²) in [5.41, 5.74) is 1.28. The van der Waals surface area contributed by atoms with Crippen LogP contribution in [0.2, 0.25) is 0 Å². The first-order chi connectivity index (χ1) is 14.9. The van der Waals surface area contributed by atoms with Crippen LogP contribution in [0.5, 0.6) is 5.75 Å². The summed E-state index contributed by atoms with van der Waals surface area (Å²) in [5, 5.41) is 5.73. The fourth-order valence-corrected chi connectivity index (χ4v) is 2.98. The molecule has 0 atom stereocenters. The number of hydrogen-bond acceptors (Lipinski definition) is 5. The summed E-state index contributed by atoms with van der Waals surface area (Å²) in [6, 6.07) is 14.3. The standard InChI is InChI=1S/C24H27F3N4O/c1-15(2)32-19-8-6-7-18(13-19)29-21-20(24(25,26)27)14-28-22(31-21)30-17-11-9-16(10-12-17)23(3,4)5/h6-15H,1-5H3,(H2,28,29,30,31). The summed E-state index contributed by atoms with van der Waals surface area (Å²) in [4.78, 5) is 7.96. The molecule has 0 radical (unpaired) electrons. The summed E-state index contributed by atoms with van der Waals surface area (Å²) in [6.07, 6.45) is -3.90. The highest BCUT2D eigenvalue weighted by atomic mass is 19.4. The van der Waals surface area contributed by atoms with Crippen LogP contribution in [-0.4, -0.2) is 16.1 Å². The largest absolute Gasteiger partial charge is 0.491 e. The van der Waals surface area contributed by atoms with Crippen LogP contribution in [-0.2, 0) is 11.6 Å². The van der Waals surface area contributed by atoms with Gasteiger partial charge in [-0.3, -0.25) is 0 Å². The summed E-state index contributed by atoms with van der Waals surface area (Å²) >= 11 is 0. The third kappa shape index (κ3) is 6.12. The first-order valence-corrected chi connectivity index (χ1v) is 10.3. The van der Waals surface area contributed by atoms with Crippen molar-refractivity contribution in [3.05, 3.63) is 65.9 Å². The van der Waals surface area contributed by atoms with E-state index in [9.17, 15) is 13.2 Å². The lowest BCUT2D eigenvalue weighted by Gasteiger charge is -2.19. The molecule has 0 spiro atoms. The van der Waals surface area contributed by atoms with Gasteiger partial charge in [0.05, 0.1) is 6.10 Å². The Morgan fingerprint density at radius 3 is 2.19 bits per heavy atom. The van der Waals surface area contributed by atoms with E-state index >= 15 is 0 Å². The molecule has 0 aliphatic rings. The number of anilines is 4. The number of benzene rings is 2. The number of halogens is 3. The Morgan fingerprint density at radius 1 is 0.906 bits per heavy atom. The predicted molar refractivity (Wildman–Crippen MR) is 121 cm³/mol. The molecule has 1 heterocycles. The minimum atomic E-state index is -4.61. The first kappa shape index (κ1) is 23.4. The van der Waals surface area contributed by atoms with Crippen molar-refractivity contribution in [2.24, 2.45) is 0 Å². The highest BCUT2D eigenvalue weighted by Gasteiger charge is 2.35. The van der Waals surface area contributed by atoms with Crippen molar-refractivity contribution in [2.45, 2.75) is 52.3 Å². The fourth-order valence-electron chi connectivity index (χ4n) is 2.98. The van der Waals surface area contributed by atoms with Gasteiger partial charge < -0.3 is 15.4 Å².